The third kappa shape index (κ3) is 3.57. The van der Waals surface area contributed by atoms with Gasteiger partial charge in [-0.1, -0.05) is 24.3 Å². The van der Waals surface area contributed by atoms with Crippen LogP contribution in [0.1, 0.15) is 12.0 Å². The molecule has 1 aromatic carbocycles. The van der Waals surface area contributed by atoms with Gasteiger partial charge in [-0.15, -0.1) is 0 Å². The summed E-state index contributed by atoms with van der Waals surface area (Å²) in [6, 6.07) is 13.4. The van der Waals surface area contributed by atoms with Gasteiger partial charge in [0.05, 0.1) is 0 Å². The summed E-state index contributed by atoms with van der Waals surface area (Å²) in [4.78, 5) is 4.22. The monoisotopic (exact) mass is 229 g/mol. The van der Waals surface area contributed by atoms with E-state index in [0.29, 0.717) is 5.88 Å². The van der Waals surface area contributed by atoms with Crippen LogP contribution in [0.2, 0.25) is 0 Å². The molecular formula is C14H15NO2. The molecule has 0 saturated carbocycles. The van der Waals surface area contributed by atoms with Crippen molar-refractivity contribution in [1.82, 2.24) is 4.98 Å². The van der Waals surface area contributed by atoms with Crippen molar-refractivity contribution in [3.63, 3.8) is 0 Å². The van der Waals surface area contributed by atoms with E-state index < -0.39 is 0 Å². The fourth-order valence-electron chi connectivity index (χ4n) is 1.51. The van der Waals surface area contributed by atoms with E-state index in [-0.39, 0.29) is 6.61 Å². The Hall–Kier alpha value is -1.87. The maximum Gasteiger partial charge on any atom is 0.219 e. The Kier molecular flexibility index (Phi) is 4.11. The van der Waals surface area contributed by atoms with E-state index in [9.17, 15) is 0 Å². The highest BCUT2D eigenvalue weighted by molar-refractivity contribution is 5.27. The highest BCUT2D eigenvalue weighted by Crippen LogP contribution is 2.18. The molecular weight excluding hydrogens is 214 g/mol. The van der Waals surface area contributed by atoms with Gasteiger partial charge in [-0.05, 0) is 30.5 Å². The van der Waals surface area contributed by atoms with Gasteiger partial charge in [0.25, 0.3) is 0 Å². The molecule has 17 heavy (non-hydrogen) atoms. The van der Waals surface area contributed by atoms with Crippen LogP contribution in [0.3, 0.4) is 0 Å². The van der Waals surface area contributed by atoms with Crippen LogP contribution in [-0.2, 0) is 6.42 Å². The quantitative estimate of drug-likeness (QED) is 0.857. The lowest BCUT2D eigenvalue weighted by molar-refractivity contribution is 0.288. The number of rotatable bonds is 5. The van der Waals surface area contributed by atoms with E-state index in [1.54, 1.807) is 6.20 Å². The predicted molar refractivity (Wildman–Crippen MR) is 66.2 cm³/mol. The summed E-state index contributed by atoms with van der Waals surface area (Å²) in [6.07, 6.45) is 3.39. The molecule has 88 valence electrons. The van der Waals surface area contributed by atoms with E-state index in [0.717, 1.165) is 24.2 Å². The molecule has 0 radical (unpaired) electrons. The smallest absolute Gasteiger partial charge is 0.219 e. The molecule has 1 aromatic heterocycles. The van der Waals surface area contributed by atoms with Gasteiger partial charge in [-0.25, -0.2) is 4.98 Å². The van der Waals surface area contributed by atoms with E-state index in [1.165, 1.54) is 0 Å². The van der Waals surface area contributed by atoms with Gasteiger partial charge in [-0.2, -0.15) is 0 Å². The minimum Gasteiger partial charge on any atom is -0.439 e. The fourth-order valence-corrected chi connectivity index (χ4v) is 1.51. The first-order valence-electron chi connectivity index (χ1n) is 5.67. The third-order valence-electron chi connectivity index (χ3n) is 2.39. The molecule has 0 aliphatic carbocycles. The van der Waals surface area contributed by atoms with Crippen LogP contribution in [-0.4, -0.2) is 16.7 Å². The van der Waals surface area contributed by atoms with E-state index in [2.05, 4.69) is 4.98 Å². The van der Waals surface area contributed by atoms with Crippen LogP contribution in [0.5, 0.6) is 11.6 Å². The number of benzene rings is 1. The second kappa shape index (κ2) is 6.01. The van der Waals surface area contributed by atoms with Crippen molar-refractivity contribution in [3.8, 4) is 11.6 Å². The Labute approximate surface area is 101 Å². The molecule has 0 aliphatic heterocycles. The number of aliphatic hydroxyl groups excluding tert-OH is 1. The normalized spacial score (nSPS) is 10.2. The Morgan fingerprint density at radius 1 is 1.06 bits per heavy atom. The zero-order chi connectivity index (χ0) is 11.9. The summed E-state index contributed by atoms with van der Waals surface area (Å²) < 4.78 is 5.58. The first-order chi connectivity index (χ1) is 8.38. The number of aromatic nitrogens is 1. The van der Waals surface area contributed by atoms with Gasteiger partial charge in [0, 0.05) is 18.9 Å². The third-order valence-corrected chi connectivity index (χ3v) is 2.39. The maximum absolute atomic E-state index is 8.73. The SMILES string of the molecule is OCCCc1ccc(Oc2ccccc2)nc1. The van der Waals surface area contributed by atoms with Crippen molar-refractivity contribution in [2.24, 2.45) is 0 Å². The standard InChI is InChI=1S/C14H15NO2/c16-10-4-5-12-8-9-14(15-11-12)17-13-6-2-1-3-7-13/h1-3,6-9,11,16H,4-5,10H2. The Morgan fingerprint density at radius 2 is 1.88 bits per heavy atom. The Balaban J connectivity index is 1.98. The average molecular weight is 229 g/mol. The number of hydrogen-bond donors (Lipinski definition) is 1. The van der Waals surface area contributed by atoms with Crippen LogP contribution in [0, 0.1) is 0 Å². The van der Waals surface area contributed by atoms with Crippen LogP contribution in [0.15, 0.2) is 48.7 Å². The summed E-state index contributed by atoms with van der Waals surface area (Å²) in [7, 11) is 0. The topological polar surface area (TPSA) is 42.4 Å². The van der Waals surface area contributed by atoms with Crippen LogP contribution < -0.4 is 4.74 Å². The number of hydrogen-bond acceptors (Lipinski definition) is 3. The fraction of sp³-hybridized carbons (Fsp3) is 0.214. The number of aryl methyl sites for hydroxylation is 1. The lowest BCUT2D eigenvalue weighted by atomic mass is 10.2. The molecule has 1 N–H and O–H groups in total. The van der Waals surface area contributed by atoms with Gasteiger partial charge in [0.15, 0.2) is 0 Å². The molecule has 0 unspecified atom stereocenters. The second-order valence-electron chi connectivity index (χ2n) is 3.75. The largest absolute Gasteiger partial charge is 0.439 e. The summed E-state index contributed by atoms with van der Waals surface area (Å²) in [5.74, 6) is 1.37. The molecule has 2 aromatic rings. The molecule has 2 rings (SSSR count). The number of nitrogens with zero attached hydrogens (tertiary/aromatic N) is 1. The van der Waals surface area contributed by atoms with Crippen molar-refractivity contribution >= 4 is 0 Å². The zero-order valence-corrected chi connectivity index (χ0v) is 9.54. The van der Waals surface area contributed by atoms with Crippen molar-refractivity contribution in [2.75, 3.05) is 6.61 Å². The van der Waals surface area contributed by atoms with Gasteiger partial charge >= 0.3 is 0 Å². The molecule has 0 fully saturated rings. The lowest BCUT2D eigenvalue weighted by Crippen LogP contribution is -1.92. The molecule has 0 amide bonds. The van der Waals surface area contributed by atoms with Crippen molar-refractivity contribution < 1.29 is 9.84 Å². The minimum atomic E-state index is 0.211. The molecule has 0 spiro atoms. The molecule has 0 bridgehead atoms. The van der Waals surface area contributed by atoms with Crippen LogP contribution >= 0.6 is 0 Å². The predicted octanol–water partition coefficient (Wildman–Crippen LogP) is 2.80. The van der Waals surface area contributed by atoms with Gasteiger partial charge in [-0.3, -0.25) is 0 Å². The summed E-state index contributed by atoms with van der Waals surface area (Å²) in [5.41, 5.74) is 1.11. The van der Waals surface area contributed by atoms with Crippen LogP contribution in [0.4, 0.5) is 0 Å². The first kappa shape index (κ1) is 11.6. The molecule has 0 atom stereocenters. The number of ether oxygens (including phenoxy) is 1. The lowest BCUT2D eigenvalue weighted by Gasteiger charge is -2.05. The van der Waals surface area contributed by atoms with Crippen molar-refractivity contribution in [2.45, 2.75) is 12.8 Å². The summed E-state index contributed by atoms with van der Waals surface area (Å²) >= 11 is 0. The highest BCUT2D eigenvalue weighted by atomic mass is 16.5. The van der Waals surface area contributed by atoms with E-state index in [1.807, 2.05) is 42.5 Å². The summed E-state index contributed by atoms with van der Waals surface area (Å²) in [6.45, 7) is 0.211. The number of aliphatic hydroxyl groups is 1. The molecule has 1 heterocycles. The number of pyridine rings is 1. The second-order valence-corrected chi connectivity index (χ2v) is 3.75. The minimum absolute atomic E-state index is 0.211. The van der Waals surface area contributed by atoms with Gasteiger partial charge in [0.2, 0.25) is 5.88 Å². The molecule has 0 aliphatic rings. The number of para-hydroxylation sites is 1. The van der Waals surface area contributed by atoms with E-state index in [4.69, 9.17) is 9.84 Å². The highest BCUT2D eigenvalue weighted by Gasteiger charge is 1.98. The Morgan fingerprint density at radius 3 is 2.53 bits per heavy atom. The van der Waals surface area contributed by atoms with Crippen LogP contribution in [0.25, 0.3) is 0 Å². The Bertz CT molecular complexity index is 440. The zero-order valence-electron chi connectivity index (χ0n) is 9.54. The molecule has 3 nitrogen and oxygen atoms in total. The van der Waals surface area contributed by atoms with Crippen molar-refractivity contribution in [1.29, 1.82) is 0 Å². The van der Waals surface area contributed by atoms with Gasteiger partial charge in [0.1, 0.15) is 5.75 Å². The maximum atomic E-state index is 8.73. The van der Waals surface area contributed by atoms with Crippen molar-refractivity contribution in [3.05, 3.63) is 54.2 Å². The molecule has 0 saturated heterocycles. The van der Waals surface area contributed by atoms with E-state index >= 15 is 0 Å². The molecule has 3 heteroatoms. The summed E-state index contributed by atoms with van der Waals surface area (Å²) in [5, 5.41) is 8.73. The first-order valence-corrected chi connectivity index (χ1v) is 5.67. The van der Waals surface area contributed by atoms with Gasteiger partial charge < -0.3 is 9.84 Å². The average Bonchev–Trinajstić information content (AvgIpc) is 2.39.